The minimum atomic E-state index is -2.67. The summed E-state index contributed by atoms with van der Waals surface area (Å²) < 4.78 is 8.83. The van der Waals surface area contributed by atoms with E-state index < -0.39 is 13.7 Å². The normalized spacial score (nSPS) is 12.6. The first-order valence-corrected chi connectivity index (χ1v) is 13.9. The summed E-state index contributed by atoms with van der Waals surface area (Å²) >= 11 is 0. The molecular formula is C29H35N3O2Si. The Hall–Kier alpha value is -3.35. The summed E-state index contributed by atoms with van der Waals surface area (Å²) in [5, 5.41) is 17.1. The summed E-state index contributed by atoms with van der Waals surface area (Å²) in [5.74, 6) is 0.692. The summed E-state index contributed by atoms with van der Waals surface area (Å²) in [6.45, 7) is 11.6. The van der Waals surface area contributed by atoms with Crippen molar-refractivity contribution in [2.75, 3.05) is 12.3 Å². The molecule has 3 N–H and O–H groups in total. The third kappa shape index (κ3) is 4.77. The minimum Gasteiger partial charge on any atom is -0.508 e. The molecule has 0 spiro atoms. The maximum absolute atomic E-state index is 9.90. The molecule has 0 saturated heterocycles. The predicted octanol–water partition coefficient (Wildman–Crippen LogP) is 5.01. The van der Waals surface area contributed by atoms with Crippen LogP contribution < -0.4 is 16.1 Å². The monoisotopic (exact) mass is 485 g/mol. The lowest BCUT2D eigenvalue weighted by molar-refractivity contribution is 0.223. The van der Waals surface area contributed by atoms with Crippen molar-refractivity contribution >= 4 is 24.5 Å². The van der Waals surface area contributed by atoms with E-state index in [4.69, 9.17) is 15.3 Å². The van der Waals surface area contributed by atoms with Crippen molar-refractivity contribution < 1.29 is 9.53 Å². The van der Waals surface area contributed by atoms with Crippen LogP contribution in [0, 0.1) is 0 Å². The number of benzene rings is 3. The van der Waals surface area contributed by atoms with E-state index in [2.05, 4.69) is 95.3 Å². The Bertz CT molecular complexity index is 1240. The molecule has 0 fully saturated rings. The van der Waals surface area contributed by atoms with Crippen LogP contribution in [0.2, 0.25) is 5.04 Å². The maximum Gasteiger partial charge on any atom is 0.261 e. The van der Waals surface area contributed by atoms with Gasteiger partial charge in [-0.05, 0) is 27.5 Å². The van der Waals surface area contributed by atoms with Crippen LogP contribution in [0.25, 0.3) is 5.69 Å². The molecule has 6 heteroatoms. The molecule has 1 aromatic heterocycles. The van der Waals surface area contributed by atoms with Crippen LogP contribution in [0.1, 0.15) is 40.3 Å². The van der Waals surface area contributed by atoms with Gasteiger partial charge in [-0.1, -0.05) is 101 Å². The topological polar surface area (TPSA) is 73.3 Å². The molecule has 0 aliphatic carbocycles. The van der Waals surface area contributed by atoms with E-state index in [-0.39, 0.29) is 10.8 Å². The van der Waals surface area contributed by atoms with Crippen LogP contribution in [-0.2, 0) is 9.84 Å². The Kier molecular flexibility index (Phi) is 6.62. The summed E-state index contributed by atoms with van der Waals surface area (Å²) in [5.41, 5.74) is 7.50. The van der Waals surface area contributed by atoms with Gasteiger partial charge in [-0.2, -0.15) is 5.10 Å². The van der Waals surface area contributed by atoms with E-state index in [9.17, 15) is 5.11 Å². The average molecular weight is 486 g/mol. The third-order valence-electron chi connectivity index (χ3n) is 6.57. The Morgan fingerprint density at radius 3 is 1.91 bits per heavy atom. The van der Waals surface area contributed by atoms with E-state index in [0.717, 1.165) is 11.4 Å². The number of phenolic OH excluding ortho intramolecular Hbond substituents is 1. The van der Waals surface area contributed by atoms with Gasteiger partial charge in [0.1, 0.15) is 11.6 Å². The van der Waals surface area contributed by atoms with Crippen molar-refractivity contribution in [2.24, 2.45) is 0 Å². The van der Waals surface area contributed by atoms with Gasteiger partial charge in [0.15, 0.2) is 0 Å². The number of nitrogen functional groups attached to an aromatic ring is 1. The molecule has 0 saturated carbocycles. The molecule has 0 aliphatic rings. The highest BCUT2D eigenvalue weighted by atomic mass is 28.4. The highest BCUT2D eigenvalue weighted by Gasteiger charge is 2.51. The zero-order valence-corrected chi connectivity index (χ0v) is 22.2. The Morgan fingerprint density at radius 2 is 1.40 bits per heavy atom. The lowest BCUT2D eigenvalue weighted by Gasteiger charge is -2.44. The van der Waals surface area contributed by atoms with Crippen LogP contribution >= 0.6 is 0 Å². The number of hydrogen-bond acceptors (Lipinski definition) is 4. The van der Waals surface area contributed by atoms with Crippen LogP contribution in [0.15, 0.2) is 91.0 Å². The second-order valence-electron chi connectivity index (χ2n) is 10.7. The van der Waals surface area contributed by atoms with Gasteiger partial charge in [-0.15, -0.1) is 0 Å². The standard InChI is InChI=1S/C29H35N3O2Si/c1-28(2,3)35(24-15-8-6-9-16-24,25-17-10-7-11-18-25)34-21-29(4,5)26-20-27(30)32(31-26)22-13-12-14-23(33)19-22/h6-20,33H,21,30H2,1-5H3. The maximum atomic E-state index is 9.90. The number of nitrogens with two attached hydrogens (primary N) is 1. The van der Waals surface area contributed by atoms with Crippen molar-refractivity contribution in [3.63, 3.8) is 0 Å². The van der Waals surface area contributed by atoms with E-state index in [1.165, 1.54) is 10.4 Å². The molecule has 0 aliphatic heterocycles. The Balaban J connectivity index is 1.73. The Morgan fingerprint density at radius 1 is 0.829 bits per heavy atom. The molecule has 0 atom stereocenters. The number of aromatic nitrogens is 2. The molecule has 182 valence electrons. The first-order chi connectivity index (χ1) is 16.5. The lowest BCUT2D eigenvalue weighted by atomic mass is 9.91. The van der Waals surface area contributed by atoms with Crippen LogP contribution in [-0.4, -0.2) is 29.8 Å². The van der Waals surface area contributed by atoms with Gasteiger partial charge in [0.25, 0.3) is 8.32 Å². The SMILES string of the molecule is CC(C)(CO[Si](c1ccccc1)(c1ccccc1)C(C)(C)C)c1cc(N)n(-c2cccc(O)c2)n1. The van der Waals surface area contributed by atoms with Crippen molar-refractivity contribution in [3.05, 3.63) is 96.7 Å². The van der Waals surface area contributed by atoms with Gasteiger partial charge in [-0.3, -0.25) is 0 Å². The number of nitrogens with zero attached hydrogens (tertiary/aromatic N) is 2. The minimum absolute atomic E-state index is 0.105. The number of phenols is 1. The fourth-order valence-corrected chi connectivity index (χ4v) is 9.41. The highest BCUT2D eigenvalue weighted by Crippen LogP contribution is 2.38. The fraction of sp³-hybridized carbons (Fsp3) is 0.276. The summed E-state index contributed by atoms with van der Waals surface area (Å²) in [6.07, 6.45) is 0. The molecule has 3 aromatic carbocycles. The van der Waals surface area contributed by atoms with Gasteiger partial charge >= 0.3 is 0 Å². The second kappa shape index (κ2) is 9.36. The molecule has 4 aromatic rings. The quantitative estimate of drug-likeness (QED) is 0.361. The van der Waals surface area contributed by atoms with Crippen molar-refractivity contribution in [3.8, 4) is 11.4 Å². The summed E-state index contributed by atoms with van der Waals surface area (Å²) in [7, 11) is -2.67. The van der Waals surface area contributed by atoms with Gasteiger partial charge < -0.3 is 15.3 Å². The van der Waals surface area contributed by atoms with Gasteiger partial charge in [0, 0.05) is 24.2 Å². The average Bonchev–Trinajstić information content (AvgIpc) is 3.22. The van der Waals surface area contributed by atoms with E-state index in [0.29, 0.717) is 12.4 Å². The fourth-order valence-electron chi connectivity index (χ4n) is 4.68. The van der Waals surface area contributed by atoms with E-state index in [1.54, 1.807) is 22.9 Å². The molecule has 4 rings (SSSR count). The molecule has 0 amide bonds. The smallest absolute Gasteiger partial charge is 0.261 e. The van der Waals surface area contributed by atoms with Gasteiger partial charge in [0.2, 0.25) is 0 Å². The molecule has 0 unspecified atom stereocenters. The number of hydrogen-bond donors (Lipinski definition) is 2. The van der Waals surface area contributed by atoms with Crippen molar-refractivity contribution in [2.45, 2.75) is 45.1 Å². The first kappa shape index (κ1) is 24.8. The van der Waals surface area contributed by atoms with Crippen LogP contribution in [0.4, 0.5) is 5.82 Å². The lowest BCUT2D eigenvalue weighted by Crippen LogP contribution is -2.67. The first-order valence-electron chi connectivity index (χ1n) is 11.9. The van der Waals surface area contributed by atoms with Crippen molar-refractivity contribution in [1.29, 1.82) is 0 Å². The third-order valence-corrected chi connectivity index (χ3v) is 11.6. The van der Waals surface area contributed by atoms with Gasteiger partial charge in [0.05, 0.1) is 11.4 Å². The zero-order chi connectivity index (χ0) is 25.3. The number of aromatic hydroxyl groups is 1. The zero-order valence-electron chi connectivity index (χ0n) is 21.2. The molecular weight excluding hydrogens is 450 g/mol. The van der Waals surface area contributed by atoms with Gasteiger partial charge in [-0.25, -0.2) is 4.68 Å². The number of rotatable bonds is 7. The molecule has 5 nitrogen and oxygen atoms in total. The predicted molar refractivity (Wildman–Crippen MR) is 146 cm³/mol. The summed E-state index contributed by atoms with van der Waals surface area (Å²) in [4.78, 5) is 0. The Labute approximate surface area is 209 Å². The second-order valence-corrected chi connectivity index (χ2v) is 15.0. The van der Waals surface area contributed by atoms with Crippen LogP contribution in [0.3, 0.4) is 0 Å². The van der Waals surface area contributed by atoms with Crippen LogP contribution in [0.5, 0.6) is 5.75 Å². The highest BCUT2D eigenvalue weighted by molar-refractivity contribution is 6.99. The largest absolute Gasteiger partial charge is 0.508 e. The van der Waals surface area contributed by atoms with E-state index in [1.807, 2.05) is 12.1 Å². The molecule has 35 heavy (non-hydrogen) atoms. The molecule has 1 heterocycles. The molecule has 0 radical (unpaired) electrons. The number of anilines is 1. The molecule has 0 bridgehead atoms. The van der Waals surface area contributed by atoms with Crippen molar-refractivity contribution in [1.82, 2.24) is 9.78 Å². The summed E-state index contributed by atoms with van der Waals surface area (Å²) in [6, 6.07) is 30.1. The van der Waals surface area contributed by atoms with E-state index >= 15 is 0 Å².